The Balaban J connectivity index is 1.83. The summed E-state index contributed by atoms with van der Waals surface area (Å²) in [6, 6.07) is 9.44. The van der Waals surface area contributed by atoms with Crippen molar-refractivity contribution in [3.63, 3.8) is 0 Å². The zero-order valence-electron chi connectivity index (χ0n) is 13.0. The first-order valence-corrected chi connectivity index (χ1v) is 7.96. The Hall–Kier alpha value is -3.00. The molecule has 0 saturated heterocycles. The molecule has 0 radical (unpaired) electrons. The highest BCUT2D eigenvalue weighted by Gasteiger charge is 2.15. The molecule has 8 heteroatoms. The maximum Gasteiger partial charge on any atom is 0.235 e. The predicted molar refractivity (Wildman–Crippen MR) is 90.4 cm³/mol. The average molecular weight is 339 g/mol. The highest BCUT2D eigenvalue weighted by molar-refractivity contribution is 7.19. The van der Waals surface area contributed by atoms with Gasteiger partial charge in [-0.25, -0.2) is 0 Å². The quantitative estimate of drug-likeness (QED) is 0.569. The minimum atomic E-state index is 0.662. The largest absolute Gasteiger partial charge is 0.497 e. The minimum Gasteiger partial charge on any atom is -0.497 e. The highest BCUT2D eigenvalue weighted by Crippen LogP contribution is 2.33. The van der Waals surface area contributed by atoms with Crippen LogP contribution in [0.5, 0.6) is 11.5 Å². The van der Waals surface area contributed by atoms with Gasteiger partial charge in [0, 0.05) is 29.6 Å². The zero-order valence-corrected chi connectivity index (χ0v) is 13.8. The van der Waals surface area contributed by atoms with E-state index in [0.29, 0.717) is 22.3 Å². The fraction of sp³-hybridized carbons (Fsp3) is 0.125. The van der Waals surface area contributed by atoms with Gasteiger partial charge in [0.05, 0.1) is 14.2 Å². The molecule has 4 aromatic rings. The van der Waals surface area contributed by atoms with E-state index in [1.807, 2.05) is 30.3 Å². The number of benzene rings is 1. The summed E-state index contributed by atoms with van der Waals surface area (Å²) in [4.78, 5) is 4.83. The molecule has 4 rings (SSSR count). The summed E-state index contributed by atoms with van der Waals surface area (Å²) in [5.41, 5.74) is 1.77. The van der Waals surface area contributed by atoms with Gasteiger partial charge in [-0.2, -0.15) is 9.61 Å². The lowest BCUT2D eigenvalue weighted by Gasteiger charge is -2.06. The second-order valence-corrected chi connectivity index (χ2v) is 5.92. The van der Waals surface area contributed by atoms with Gasteiger partial charge in [-0.05, 0) is 24.3 Å². The van der Waals surface area contributed by atoms with Crippen molar-refractivity contribution in [2.75, 3.05) is 14.2 Å². The highest BCUT2D eigenvalue weighted by atomic mass is 32.1. The van der Waals surface area contributed by atoms with Crippen LogP contribution in [0.15, 0.2) is 42.7 Å². The molecule has 0 fully saturated rings. The Bertz CT molecular complexity index is 974. The molecule has 24 heavy (non-hydrogen) atoms. The van der Waals surface area contributed by atoms with E-state index in [1.54, 1.807) is 31.1 Å². The predicted octanol–water partition coefficient (Wildman–Crippen LogP) is 2.93. The van der Waals surface area contributed by atoms with Gasteiger partial charge in [-0.3, -0.25) is 4.98 Å². The molecular weight excluding hydrogens is 326 g/mol. The fourth-order valence-electron chi connectivity index (χ4n) is 2.34. The van der Waals surface area contributed by atoms with Crippen LogP contribution in [0.3, 0.4) is 0 Å². The first kappa shape index (κ1) is 14.6. The SMILES string of the molecule is COc1cc(OC)cc(-c2nn3c(-c4cccnc4)nnc3s2)c1. The molecule has 1 aromatic carbocycles. The Morgan fingerprint density at radius 1 is 1.00 bits per heavy atom. The van der Waals surface area contributed by atoms with E-state index in [2.05, 4.69) is 20.3 Å². The van der Waals surface area contributed by atoms with Gasteiger partial charge in [-0.1, -0.05) is 11.3 Å². The van der Waals surface area contributed by atoms with E-state index in [9.17, 15) is 0 Å². The number of nitrogens with zero attached hydrogens (tertiary/aromatic N) is 5. The van der Waals surface area contributed by atoms with Crippen molar-refractivity contribution in [1.29, 1.82) is 0 Å². The molecule has 0 atom stereocenters. The maximum absolute atomic E-state index is 5.32. The van der Waals surface area contributed by atoms with Gasteiger partial charge in [0.2, 0.25) is 4.96 Å². The number of hydrogen-bond donors (Lipinski definition) is 0. The molecule has 3 aromatic heterocycles. The first-order valence-electron chi connectivity index (χ1n) is 7.14. The van der Waals surface area contributed by atoms with Crippen molar-refractivity contribution in [3.8, 4) is 33.5 Å². The van der Waals surface area contributed by atoms with E-state index in [1.165, 1.54) is 11.3 Å². The molecular formula is C16H13N5O2S. The summed E-state index contributed by atoms with van der Waals surface area (Å²) in [6.45, 7) is 0. The average Bonchev–Trinajstić information content (AvgIpc) is 3.22. The van der Waals surface area contributed by atoms with Crippen molar-refractivity contribution in [1.82, 2.24) is 24.8 Å². The number of aromatic nitrogens is 5. The Morgan fingerprint density at radius 2 is 1.79 bits per heavy atom. The molecule has 0 aliphatic heterocycles. The number of hydrogen-bond acceptors (Lipinski definition) is 7. The molecule has 0 amide bonds. The third-order valence-corrected chi connectivity index (χ3v) is 4.46. The molecule has 3 heterocycles. The van der Waals surface area contributed by atoms with Crippen LogP contribution in [0, 0.1) is 0 Å². The van der Waals surface area contributed by atoms with Crippen LogP contribution in [0.2, 0.25) is 0 Å². The lowest BCUT2D eigenvalue weighted by molar-refractivity contribution is 0.394. The molecule has 0 aliphatic rings. The van der Waals surface area contributed by atoms with Crippen molar-refractivity contribution in [2.45, 2.75) is 0 Å². The Morgan fingerprint density at radius 3 is 2.46 bits per heavy atom. The molecule has 0 N–H and O–H groups in total. The van der Waals surface area contributed by atoms with Crippen LogP contribution in [-0.4, -0.2) is 39.0 Å². The number of rotatable bonds is 4. The molecule has 0 spiro atoms. The van der Waals surface area contributed by atoms with Gasteiger partial charge >= 0.3 is 0 Å². The van der Waals surface area contributed by atoms with E-state index in [0.717, 1.165) is 16.1 Å². The summed E-state index contributed by atoms with van der Waals surface area (Å²) in [6.07, 6.45) is 3.46. The lowest BCUT2D eigenvalue weighted by Crippen LogP contribution is -1.92. The smallest absolute Gasteiger partial charge is 0.235 e. The van der Waals surface area contributed by atoms with E-state index in [-0.39, 0.29) is 0 Å². The Kier molecular flexibility index (Phi) is 3.58. The summed E-state index contributed by atoms with van der Waals surface area (Å²) in [5, 5.41) is 13.9. The minimum absolute atomic E-state index is 0.662. The van der Waals surface area contributed by atoms with Crippen molar-refractivity contribution < 1.29 is 9.47 Å². The Labute approximate surface area is 141 Å². The van der Waals surface area contributed by atoms with Gasteiger partial charge in [0.1, 0.15) is 16.5 Å². The molecule has 0 bridgehead atoms. The van der Waals surface area contributed by atoms with Crippen LogP contribution in [-0.2, 0) is 0 Å². The van der Waals surface area contributed by atoms with Crippen LogP contribution >= 0.6 is 11.3 Å². The molecule has 0 saturated carbocycles. The van der Waals surface area contributed by atoms with Gasteiger partial charge in [-0.15, -0.1) is 10.2 Å². The van der Waals surface area contributed by atoms with Gasteiger partial charge < -0.3 is 9.47 Å². The summed E-state index contributed by atoms with van der Waals surface area (Å²) in [7, 11) is 3.25. The second-order valence-electron chi connectivity index (χ2n) is 4.97. The second kappa shape index (κ2) is 5.89. The lowest BCUT2D eigenvalue weighted by atomic mass is 10.2. The van der Waals surface area contributed by atoms with Crippen LogP contribution < -0.4 is 9.47 Å². The third kappa shape index (κ3) is 2.46. The van der Waals surface area contributed by atoms with Crippen molar-refractivity contribution in [2.24, 2.45) is 0 Å². The van der Waals surface area contributed by atoms with E-state index in [4.69, 9.17) is 9.47 Å². The zero-order chi connectivity index (χ0) is 16.5. The summed E-state index contributed by atoms with van der Waals surface area (Å²) >= 11 is 1.45. The molecule has 120 valence electrons. The maximum atomic E-state index is 5.32. The van der Waals surface area contributed by atoms with Gasteiger partial charge in [0.15, 0.2) is 5.82 Å². The van der Waals surface area contributed by atoms with Crippen LogP contribution in [0.1, 0.15) is 0 Å². The standard InChI is InChI=1S/C16H13N5O2S/c1-22-12-6-11(7-13(8-12)23-2)15-20-21-14(18-19-16(21)24-15)10-4-3-5-17-9-10/h3-9H,1-2H3. The molecule has 7 nitrogen and oxygen atoms in total. The van der Waals surface area contributed by atoms with Crippen molar-refractivity contribution >= 4 is 16.3 Å². The van der Waals surface area contributed by atoms with Crippen LogP contribution in [0.25, 0.3) is 26.9 Å². The fourth-order valence-corrected chi connectivity index (χ4v) is 3.17. The van der Waals surface area contributed by atoms with E-state index < -0.39 is 0 Å². The van der Waals surface area contributed by atoms with Gasteiger partial charge in [0.25, 0.3) is 0 Å². The number of fused-ring (bicyclic) bond motifs is 1. The van der Waals surface area contributed by atoms with E-state index >= 15 is 0 Å². The number of ether oxygens (including phenoxy) is 2. The monoisotopic (exact) mass is 339 g/mol. The van der Waals surface area contributed by atoms with Crippen LogP contribution in [0.4, 0.5) is 0 Å². The number of methoxy groups -OCH3 is 2. The van der Waals surface area contributed by atoms with Crippen molar-refractivity contribution in [3.05, 3.63) is 42.7 Å². The topological polar surface area (TPSA) is 74.4 Å². The molecule has 0 unspecified atom stereocenters. The first-order chi connectivity index (χ1) is 11.8. The molecule has 0 aliphatic carbocycles. The number of pyridine rings is 1. The third-order valence-electron chi connectivity index (χ3n) is 3.51. The summed E-state index contributed by atoms with van der Waals surface area (Å²) < 4.78 is 12.4. The summed E-state index contributed by atoms with van der Waals surface area (Å²) in [5.74, 6) is 2.08. The normalized spacial score (nSPS) is 10.9.